The average molecular weight is 390 g/mol. The number of hydrogen-bond acceptors (Lipinski definition) is 7. The molecule has 12 nitrogen and oxygen atoms in total. The largest absolute Gasteiger partial charge is 0.463 e. The van der Waals surface area contributed by atoms with Crippen molar-refractivity contribution in [3.8, 4) is 0 Å². The van der Waals surface area contributed by atoms with E-state index in [1.165, 1.54) is 38.9 Å². The molecule has 0 aromatic carbocycles. The normalized spacial score (nSPS) is 19.7. The third kappa shape index (κ3) is 3.57. The van der Waals surface area contributed by atoms with Gasteiger partial charge in [0.2, 0.25) is 11.6 Å². The fourth-order valence-electron chi connectivity index (χ4n) is 2.36. The van der Waals surface area contributed by atoms with Crippen LogP contribution in [0.1, 0.15) is 12.7 Å². The predicted octanol–water partition coefficient (Wildman–Crippen LogP) is -1.34. The highest BCUT2D eigenvalue weighted by atomic mass is 16.5. The monoisotopic (exact) mass is 390 g/mol. The first-order chi connectivity index (χ1) is 13.4. The first-order valence-electron chi connectivity index (χ1n) is 8.20. The Morgan fingerprint density at radius 2 is 2.21 bits per heavy atom. The summed E-state index contributed by atoms with van der Waals surface area (Å²) in [5.74, 6) is -0.695. The first kappa shape index (κ1) is 19.1. The van der Waals surface area contributed by atoms with E-state index in [1.807, 2.05) is 0 Å². The zero-order valence-corrected chi connectivity index (χ0v) is 15.0. The molecule has 12 heteroatoms. The Labute approximate surface area is 158 Å². The number of imidazole rings is 1. The van der Waals surface area contributed by atoms with Gasteiger partial charge in [-0.2, -0.15) is 9.78 Å². The Balaban J connectivity index is 1.63. The third-order valence-electron chi connectivity index (χ3n) is 4.10. The van der Waals surface area contributed by atoms with Crippen LogP contribution in [-0.2, 0) is 14.3 Å². The second-order valence-corrected chi connectivity index (χ2v) is 5.93. The van der Waals surface area contributed by atoms with Crippen LogP contribution in [0.3, 0.4) is 0 Å². The first-order valence-corrected chi connectivity index (χ1v) is 8.20. The van der Waals surface area contributed by atoms with Crippen LogP contribution in [0.2, 0.25) is 0 Å². The van der Waals surface area contributed by atoms with Crippen LogP contribution < -0.4 is 21.6 Å². The molecule has 3 rings (SSSR count). The lowest BCUT2D eigenvalue weighted by Crippen LogP contribution is -2.75. The van der Waals surface area contributed by atoms with Gasteiger partial charge in [0.25, 0.3) is 5.91 Å². The SMILES string of the molecule is CO[C@@]1(NC(=O)C(C)NC(=O)n2ccn(N=Cc3ccco3)c2=O)CNC1=O. The van der Waals surface area contributed by atoms with Crippen LogP contribution in [0.4, 0.5) is 4.79 Å². The quantitative estimate of drug-likeness (QED) is 0.316. The Bertz CT molecular complexity index is 970. The van der Waals surface area contributed by atoms with Crippen molar-refractivity contribution < 1.29 is 23.5 Å². The molecule has 1 saturated heterocycles. The molecule has 3 heterocycles. The summed E-state index contributed by atoms with van der Waals surface area (Å²) in [4.78, 5) is 48.3. The second-order valence-electron chi connectivity index (χ2n) is 5.93. The number of amides is 3. The van der Waals surface area contributed by atoms with Crippen LogP contribution in [0, 0.1) is 0 Å². The van der Waals surface area contributed by atoms with Crippen molar-refractivity contribution in [3.63, 3.8) is 0 Å². The number of methoxy groups -OCH3 is 1. The van der Waals surface area contributed by atoms with Gasteiger partial charge in [-0.1, -0.05) is 0 Å². The van der Waals surface area contributed by atoms with Gasteiger partial charge in [0.05, 0.1) is 25.2 Å². The molecule has 3 amide bonds. The number of carbonyl (C=O) groups is 3. The van der Waals surface area contributed by atoms with Crippen molar-refractivity contribution in [3.05, 3.63) is 47.0 Å². The highest BCUT2D eigenvalue weighted by Gasteiger charge is 2.48. The molecule has 28 heavy (non-hydrogen) atoms. The molecule has 2 atom stereocenters. The molecule has 2 aromatic heterocycles. The van der Waals surface area contributed by atoms with Crippen LogP contribution in [0.25, 0.3) is 0 Å². The number of nitrogens with zero attached hydrogens (tertiary/aromatic N) is 3. The minimum absolute atomic E-state index is 0.116. The lowest BCUT2D eigenvalue weighted by atomic mass is 10.1. The van der Waals surface area contributed by atoms with Crippen LogP contribution in [0.5, 0.6) is 0 Å². The molecule has 2 aromatic rings. The fraction of sp³-hybridized carbons (Fsp3) is 0.312. The van der Waals surface area contributed by atoms with Crippen molar-refractivity contribution in [2.45, 2.75) is 18.7 Å². The van der Waals surface area contributed by atoms with E-state index in [9.17, 15) is 19.2 Å². The summed E-state index contributed by atoms with van der Waals surface area (Å²) in [7, 11) is 1.29. The van der Waals surface area contributed by atoms with E-state index in [2.05, 4.69) is 21.1 Å². The lowest BCUT2D eigenvalue weighted by Gasteiger charge is -2.39. The van der Waals surface area contributed by atoms with Gasteiger partial charge in [-0.25, -0.2) is 14.2 Å². The standard InChI is InChI=1S/C16H18N6O6/c1-10(12(23)20-16(27-2)9-17-13(16)24)19-14(25)21-5-6-22(15(21)26)18-8-11-4-3-7-28-11/h3-8,10H,9H2,1-2H3,(H,17,24)(H,19,25)(H,20,23)/t10?,16-/m0/s1. The van der Waals surface area contributed by atoms with Gasteiger partial charge in [0.15, 0.2) is 0 Å². The van der Waals surface area contributed by atoms with Gasteiger partial charge in [-0.3, -0.25) is 9.59 Å². The zero-order valence-electron chi connectivity index (χ0n) is 15.0. The Morgan fingerprint density at radius 1 is 1.43 bits per heavy atom. The van der Waals surface area contributed by atoms with Crippen LogP contribution >= 0.6 is 0 Å². The average Bonchev–Trinajstić information content (AvgIpc) is 3.32. The molecule has 148 valence electrons. The summed E-state index contributed by atoms with van der Waals surface area (Å²) in [6.07, 6.45) is 5.26. The van der Waals surface area contributed by atoms with Crippen LogP contribution in [-0.4, -0.2) is 58.7 Å². The number of β-lactam (4-membered cyclic amide) rings is 1. The van der Waals surface area contributed by atoms with Gasteiger partial charge in [0.1, 0.15) is 11.8 Å². The Kier molecular flexibility index (Phi) is 5.13. The number of carbonyl (C=O) groups excluding carboxylic acids is 3. The molecule has 0 aliphatic carbocycles. The van der Waals surface area contributed by atoms with Crippen molar-refractivity contribution in [2.75, 3.05) is 13.7 Å². The van der Waals surface area contributed by atoms with Crippen LogP contribution in [0.15, 0.2) is 45.1 Å². The van der Waals surface area contributed by atoms with E-state index in [0.717, 1.165) is 9.24 Å². The highest BCUT2D eigenvalue weighted by Crippen LogP contribution is 2.13. The predicted molar refractivity (Wildman–Crippen MR) is 94.7 cm³/mol. The summed E-state index contributed by atoms with van der Waals surface area (Å²) in [6, 6.07) is 1.45. The second kappa shape index (κ2) is 7.52. The number of aromatic nitrogens is 2. The van der Waals surface area contributed by atoms with E-state index < -0.39 is 35.3 Å². The van der Waals surface area contributed by atoms with Gasteiger partial charge < -0.3 is 25.1 Å². The van der Waals surface area contributed by atoms with Crippen molar-refractivity contribution in [1.29, 1.82) is 0 Å². The highest BCUT2D eigenvalue weighted by molar-refractivity contribution is 5.97. The number of furan rings is 1. The Morgan fingerprint density at radius 3 is 2.79 bits per heavy atom. The minimum Gasteiger partial charge on any atom is -0.463 e. The summed E-state index contributed by atoms with van der Waals surface area (Å²) < 4.78 is 11.8. The van der Waals surface area contributed by atoms with E-state index >= 15 is 0 Å². The maximum Gasteiger partial charge on any atom is 0.357 e. The number of ether oxygens (including phenoxy) is 1. The molecule has 0 saturated carbocycles. The molecule has 1 unspecified atom stereocenters. The molecule has 0 spiro atoms. The van der Waals surface area contributed by atoms with Crippen molar-refractivity contribution in [2.24, 2.45) is 5.10 Å². The molecule has 3 N–H and O–H groups in total. The van der Waals surface area contributed by atoms with E-state index in [1.54, 1.807) is 12.1 Å². The fourth-order valence-corrected chi connectivity index (χ4v) is 2.36. The van der Waals surface area contributed by atoms with E-state index in [4.69, 9.17) is 9.15 Å². The van der Waals surface area contributed by atoms with Crippen molar-refractivity contribution >= 4 is 24.1 Å². The number of rotatable bonds is 6. The smallest absolute Gasteiger partial charge is 0.357 e. The van der Waals surface area contributed by atoms with Crippen molar-refractivity contribution in [1.82, 2.24) is 25.2 Å². The molecular formula is C16H18N6O6. The van der Waals surface area contributed by atoms with E-state index in [0.29, 0.717) is 5.76 Å². The minimum atomic E-state index is -1.45. The van der Waals surface area contributed by atoms with Gasteiger partial charge in [0, 0.05) is 13.3 Å². The molecule has 1 fully saturated rings. The number of nitrogens with one attached hydrogen (secondary N) is 3. The summed E-state index contributed by atoms with van der Waals surface area (Å²) in [5.41, 5.74) is -2.18. The lowest BCUT2D eigenvalue weighted by molar-refractivity contribution is -0.166. The summed E-state index contributed by atoms with van der Waals surface area (Å²) in [6.45, 7) is 1.52. The maximum absolute atomic E-state index is 12.3. The summed E-state index contributed by atoms with van der Waals surface area (Å²) >= 11 is 0. The zero-order chi connectivity index (χ0) is 20.3. The maximum atomic E-state index is 12.3. The van der Waals surface area contributed by atoms with Gasteiger partial charge in [-0.15, -0.1) is 0 Å². The number of hydrogen-bond donors (Lipinski definition) is 3. The molecular weight excluding hydrogens is 372 g/mol. The molecule has 1 aliphatic heterocycles. The van der Waals surface area contributed by atoms with Gasteiger partial charge >= 0.3 is 11.7 Å². The topological polar surface area (TPSA) is 149 Å². The Hall–Kier alpha value is -3.67. The molecule has 1 aliphatic rings. The molecule has 0 bridgehead atoms. The molecule has 0 radical (unpaired) electrons. The van der Waals surface area contributed by atoms with Gasteiger partial charge in [-0.05, 0) is 19.1 Å². The summed E-state index contributed by atoms with van der Waals surface area (Å²) in [5, 5.41) is 11.2. The third-order valence-corrected chi connectivity index (χ3v) is 4.10. The van der Waals surface area contributed by atoms with E-state index in [-0.39, 0.29) is 6.54 Å².